The minimum atomic E-state index is -4.09. The molecule has 0 radical (unpaired) electrons. The number of thiophene rings is 1. The number of primary amides is 1. The monoisotopic (exact) mass is 491 g/mol. The second-order valence-electron chi connectivity index (χ2n) is 7.38. The minimum absolute atomic E-state index is 0.0119. The summed E-state index contributed by atoms with van der Waals surface area (Å²) >= 11 is 6.94. The normalized spacial score (nSPS) is 20.0. The molecule has 4 rings (SSSR count). The van der Waals surface area contributed by atoms with Gasteiger partial charge in [0.15, 0.2) is 0 Å². The number of nitrogens with one attached hydrogen (secondary N) is 2. The summed E-state index contributed by atoms with van der Waals surface area (Å²) in [5.41, 5.74) is 5.23. The van der Waals surface area contributed by atoms with Crippen molar-refractivity contribution in [1.29, 1.82) is 0 Å². The smallest absolute Gasteiger partial charge is 0.325 e. The molecule has 1 aliphatic rings. The molecule has 0 aliphatic heterocycles. The number of carboxylic acid groups (broad SMARTS) is 1. The Balaban J connectivity index is 1.58. The topological polar surface area (TPSA) is 139 Å². The Bertz CT molecular complexity index is 1310. The van der Waals surface area contributed by atoms with Crippen LogP contribution in [0, 0.1) is 0 Å². The number of rotatable bonds is 7. The van der Waals surface area contributed by atoms with Gasteiger partial charge < -0.3 is 16.2 Å². The SMILES string of the molecule is NC(=O)Nc1cccc(C2CC2(NS(=O)(=O)c2ccc(-c3ccc(Cl)cc3)s2)C(=O)O)c1. The number of urea groups is 1. The molecule has 1 aliphatic carbocycles. The predicted octanol–water partition coefficient (Wildman–Crippen LogP) is 3.85. The maximum Gasteiger partial charge on any atom is 0.325 e. The van der Waals surface area contributed by atoms with E-state index in [2.05, 4.69) is 10.0 Å². The van der Waals surface area contributed by atoms with Crippen molar-refractivity contribution >= 4 is 50.6 Å². The molecule has 11 heteroatoms. The van der Waals surface area contributed by atoms with Crippen LogP contribution in [0.5, 0.6) is 0 Å². The van der Waals surface area contributed by atoms with Crippen LogP contribution >= 0.6 is 22.9 Å². The number of carbonyl (C=O) groups is 2. The number of benzene rings is 2. The summed E-state index contributed by atoms with van der Waals surface area (Å²) in [7, 11) is -4.09. The van der Waals surface area contributed by atoms with Crippen LogP contribution in [-0.4, -0.2) is 31.1 Å². The van der Waals surface area contributed by atoms with E-state index in [4.69, 9.17) is 17.3 Å². The Morgan fingerprint density at radius 3 is 2.50 bits per heavy atom. The molecule has 8 nitrogen and oxygen atoms in total. The van der Waals surface area contributed by atoms with Gasteiger partial charge in [0.05, 0.1) is 0 Å². The molecule has 0 spiro atoms. The molecule has 32 heavy (non-hydrogen) atoms. The number of nitrogens with two attached hydrogens (primary N) is 1. The number of hydrogen-bond donors (Lipinski definition) is 4. The second-order valence-corrected chi connectivity index (χ2v) is 10.8. The number of carboxylic acids is 1. The highest BCUT2D eigenvalue weighted by molar-refractivity contribution is 7.91. The molecule has 0 bridgehead atoms. The second kappa shape index (κ2) is 8.21. The van der Waals surface area contributed by atoms with Crippen molar-refractivity contribution in [3.05, 3.63) is 71.2 Å². The first-order chi connectivity index (χ1) is 15.1. The molecule has 0 saturated heterocycles. The van der Waals surface area contributed by atoms with Gasteiger partial charge in [-0.25, -0.2) is 13.2 Å². The maximum atomic E-state index is 13.0. The Morgan fingerprint density at radius 2 is 1.84 bits per heavy atom. The number of anilines is 1. The molecule has 1 heterocycles. The van der Waals surface area contributed by atoms with Gasteiger partial charge in [-0.05, 0) is 53.9 Å². The Labute approximate surface area is 193 Å². The van der Waals surface area contributed by atoms with Crippen molar-refractivity contribution in [2.75, 3.05) is 5.32 Å². The van der Waals surface area contributed by atoms with Crippen molar-refractivity contribution in [2.45, 2.75) is 22.1 Å². The fourth-order valence-electron chi connectivity index (χ4n) is 3.56. The summed E-state index contributed by atoms with van der Waals surface area (Å²) in [5, 5.41) is 12.8. The Morgan fingerprint density at radius 1 is 1.12 bits per heavy atom. The average molecular weight is 492 g/mol. The van der Waals surface area contributed by atoms with Crippen molar-refractivity contribution in [3.63, 3.8) is 0 Å². The molecular weight excluding hydrogens is 474 g/mol. The molecule has 2 atom stereocenters. The molecule has 1 aromatic heterocycles. The van der Waals surface area contributed by atoms with E-state index in [1.54, 1.807) is 54.6 Å². The third kappa shape index (κ3) is 4.35. The van der Waals surface area contributed by atoms with Crippen LogP contribution in [0.3, 0.4) is 0 Å². The van der Waals surface area contributed by atoms with Crippen LogP contribution in [0.1, 0.15) is 17.9 Å². The predicted molar refractivity (Wildman–Crippen MR) is 122 cm³/mol. The highest BCUT2D eigenvalue weighted by atomic mass is 35.5. The van der Waals surface area contributed by atoms with Crippen LogP contribution < -0.4 is 15.8 Å². The summed E-state index contributed by atoms with van der Waals surface area (Å²) in [6.45, 7) is 0. The van der Waals surface area contributed by atoms with Crippen LogP contribution in [0.15, 0.2) is 64.9 Å². The molecule has 166 valence electrons. The first-order valence-corrected chi connectivity index (χ1v) is 12.1. The van der Waals surface area contributed by atoms with E-state index in [-0.39, 0.29) is 10.6 Å². The number of carbonyl (C=O) groups excluding carboxylic acids is 1. The van der Waals surface area contributed by atoms with Gasteiger partial charge >= 0.3 is 12.0 Å². The number of aliphatic carboxylic acids is 1. The van der Waals surface area contributed by atoms with E-state index in [0.29, 0.717) is 21.2 Å². The lowest BCUT2D eigenvalue weighted by atomic mass is 10.1. The van der Waals surface area contributed by atoms with Crippen LogP contribution in [-0.2, 0) is 14.8 Å². The highest BCUT2D eigenvalue weighted by Gasteiger charge is 2.63. The van der Waals surface area contributed by atoms with Gasteiger partial charge in [-0.2, -0.15) is 4.72 Å². The van der Waals surface area contributed by atoms with Crippen LogP contribution in [0.2, 0.25) is 5.02 Å². The molecule has 3 aromatic rings. The first kappa shape index (κ1) is 22.3. The number of amides is 2. The van der Waals surface area contributed by atoms with E-state index >= 15 is 0 Å². The molecule has 1 fully saturated rings. The highest BCUT2D eigenvalue weighted by Crippen LogP contribution is 2.53. The molecule has 2 aromatic carbocycles. The quantitative estimate of drug-likeness (QED) is 0.397. The number of hydrogen-bond acceptors (Lipinski definition) is 5. The van der Waals surface area contributed by atoms with E-state index in [0.717, 1.165) is 16.9 Å². The first-order valence-electron chi connectivity index (χ1n) is 9.40. The van der Waals surface area contributed by atoms with Gasteiger partial charge in [-0.1, -0.05) is 35.9 Å². The average Bonchev–Trinajstić information content (AvgIpc) is 3.22. The van der Waals surface area contributed by atoms with Crippen molar-refractivity contribution < 1.29 is 23.1 Å². The molecule has 5 N–H and O–H groups in total. The molecule has 2 amide bonds. The number of halogens is 1. The van der Waals surface area contributed by atoms with Gasteiger partial charge in [0, 0.05) is 21.5 Å². The largest absolute Gasteiger partial charge is 0.480 e. The third-order valence-electron chi connectivity index (χ3n) is 5.19. The Kier molecular flexibility index (Phi) is 5.72. The van der Waals surface area contributed by atoms with Gasteiger partial charge in [0.1, 0.15) is 9.75 Å². The van der Waals surface area contributed by atoms with Crippen molar-refractivity contribution in [2.24, 2.45) is 5.73 Å². The zero-order valence-corrected chi connectivity index (χ0v) is 18.8. The van der Waals surface area contributed by atoms with E-state index < -0.39 is 33.5 Å². The zero-order chi connectivity index (χ0) is 23.1. The van der Waals surface area contributed by atoms with Gasteiger partial charge in [0.2, 0.25) is 0 Å². The van der Waals surface area contributed by atoms with Gasteiger partial charge in [-0.15, -0.1) is 11.3 Å². The molecule has 1 saturated carbocycles. The molecule has 2 unspecified atom stereocenters. The summed E-state index contributed by atoms with van der Waals surface area (Å²) in [6, 6.07) is 15.8. The number of sulfonamides is 1. The van der Waals surface area contributed by atoms with Crippen LogP contribution in [0.25, 0.3) is 10.4 Å². The van der Waals surface area contributed by atoms with E-state index in [1.165, 1.54) is 6.07 Å². The van der Waals surface area contributed by atoms with E-state index in [1.807, 2.05) is 0 Å². The van der Waals surface area contributed by atoms with Crippen molar-refractivity contribution in [1.82, 2.24) is 4.72 Å². The summed E-state index contributed by atoms with van der Waals surface area (Å²) in [6.07, 6.45) is 0.0804. The lowest BCUT2D eigenvalue weighted by Gasteiger charge is -2.15. The van der Waals surface area contributed by atoms with Crippen LogP contribution in [0.4, 0.5) is 10.5 Å². The fraction of sp³-hybridized carbons (Fsp3) is 0.143. The summed E-state index contributed by atoms with van der Waals surface area (Å²) < 4.78 is 28.4. The lowest BCUT2D eigenvalue weighted by Crippen LogP contribution is -2.44. The fourth-order valence-corrected chi connectivity index (χ4v) is 6.40. The van der Waals surface area contributed by atoms with Crippen molar-refractivity contribution in [3.8, 4) is 10.4 Å². The standard InChI is InChI=1S/C21H18ClN3O5S2/c22-14-6-4-12(5-7-14)17-8-9-18(31-17)32(29,30)25-21(19(26)27)11-16(21)13-2-1-3-15(10-13)24-20(23)28/h1-10,16,25H,11H2,(H,26,27)(H3,23,24,28). The zero-order valence-electron chi connectivity index (χ0n) is 16.4. The summed E-state index contributed by atoms with van der Waals surface area (Å²) in [5.74, 6) is -1.87. The third-order valence-corrected chi connectivity index (χ3v) is 8.58. The van der Waals surface area contributed by atoms with E-state index in [9.17, 15) is 23.1 Å². The Hall–Kier alpha value is -2.92. The maximum absolute atomic E-state index is 13.0. The summed E-state index contributed by atoms with van der Waals surface area (Å²) in [4.78, 5) is 23.9. The van der Waals surface area contributed by atoms with Gasteiger partial charge in [-0.3, -0.25) is 4.79 Å². The minimum Gasteiger partial charge on any atom is -0.480 e. The lowest BCUT2D eigenvalue weighted by molar-refractivity contribution is -0.140. The van der Waals surface area contributed by atoms with Gasteiger partial charge in [0.25, 0.3) is 10.0 Å². The molecular formula is C21H18ClN3O5S2.